The van der Waals surface area contributed by atoms with Crippen LogP contribution >= 0.6 is 22.9 Å². The fourth-order valence-electron chi connectivity index (χ4n) is 2.44. The standard InChI is InChI=1S/C19H17ClN2O3S/c1-12(13-5-3-6-14(20)11-13)22(2)19(24)16-8-9-17(26-16)21-18(23)15-7-4-10-25-15/h3-12H,1-2H3,(H,21,23). The van der Waals surface area contributed by atoms with Crippen molar-refractivity contribution in [2.75, 3.05) is 12.4 Å². The van der Waals surface area contributed by atoms with Gasteiger partial charge in [0, 0.05) is 12.1 Å². The second-order valence-electron chi connectivity index (χ2n) is 5.74. The van der Waals surface area contributed by atoms with Gasteiger partial charge in [0.05, 0.1) is 22.2 Å². The van der Waals surface area contributed by atoms with E-state index in [4.69, 9.17) is 16.0 Å². The van der Waals surface area contributed by atoms with E-state index in [0.29, 0.717) is 14.9 Å². The molecule has 2 heterocycles. The van der Waals surface area contributed by atoms with E-state index in [9.17, 15) is 9.59 Å². The summed E-state index contributed by atoms with van der Waals surface area (Å²) in [4.78, 5) is 26.9. The maximum absolute atomic E-state index is 12.7. The zero-order valence-corrected chi connectivity index (χ0v) is 15.8. The molecule has 3 aromatic rings. The number of thiophene rings is 1. The molecule has 134 valence electrons. The maximum Gasteiger partial charge on any atom is 0.291 e. The molecule has 26 heavy (non-hydrogen) atoms. The summed E-state index contributed by atoms with van der Waals surface area (Å²) in [5.74, 6) is -0.254. The third kappa shape index (κ3) is 3.98. The molecule has 0 spiro atoms. The second-order valence-corrected chi connectivity index (χ2v) is 7.26. The Morgan fingerprint density at radius 3 is 2.69 bits per heavy atom. The molecule has 2 aromatic heterocycles. The normalized spacial score (nSPS) is 11.8. The molecular formula is C19H17ClN2O3S. The lowest BCUT2D eigenvalue weighted by molar-refractivity contribution is 0.0747. The minimum Gasteiger partial charge on any atom is -0.459 e. The van der Waals surface area contributed by atoms with Crippen molar-refractivity contribution in [3.63, 3.8) is 0 Å². The van der Waals surface area contributed by atoms with Crippen LogP contribution in [-0.2, 0) is 0 Å². The number of carbonyl (C=O) groups is 2. The molecule has 1 N–H and O–H groups in total. The van der Waals surface area contributed by atoms with Gasteiger partial charge in [-0.25, -0.2) is 0 Å². The monoisotopic (exact) mass is 388 g/mol. The summed E-state index contributed by atoms with van der Waals surface area (Å²) in [7, 11) is 1.74. The van der Waals surface area contributed by atoms with E-state index in [1.54, 1.807) is 42.3 Å². The number of amides is 2. The molecule has 7 heteroatoms. The number of nitrogens with zero attached hydrogens (tertiary/aromatic N) is 1. The van der Waals surface area contributed by atoms with E-state index < -0.39 is 0 Å². The summed E-state index contributed by atoms with van der Waals surface area (Å²) in [5, 5.41) is 3.94. The van der Waals surface area contributed by atoms with Gasteiger partial charge in [0.2, 0.25) is 0 Å². The van der Waals surface area contributed by atoms with Gasteiger partial charge in [-0.3, -0.25) is 9.59 Å². The van der Waals surface area contributed by atoms with Crippen molar-refractivity contribution in [3.05, 3.63) is 76.0 Å². The second kappa shape index (κ2) is 7.76. The Bertz CT molecular complexity index is 921. The Morgan fingerprint density at radius 1 is 1.19 bits per heavy atom. The van der Waals surface area contributed by atoms with Crippen molar-refractivity contribution >= 4 is 39.8 Å². The molecule has 0 aliphatic rings. The summed E-state index contributed by atoms with van der Waals surface area (Å²) >= 11 is 7.25. The van der Waals surface area contributed by atoms with Gasteiger partial charge in [0.1, 0.15) is 0 Å². The molecule has 0 fully saturated rings. The van der Waals surface area contributed by atoms with Crippen molar-refractivity contribution in [2.45, 2.75) is 13.0 Å². The van der Waals surface area contributed by atoms with Gasteiger partial charge in [-0.15, -0.1) is 11.3 Å². The molecule has 0 bridgehead atoms. The first kappa shape index (κ1) is 18.2. The highest BCUT2D eigenvalue weighted by atomic mass is 35.5. The Morgan fingerprint density at radius 2 is 2.00 bits per heavy atom. The van der Waals surface area contributed by atoms with Crippen LogP contribution in [0.3, 0.4) is 0 Å². The topological polar surface area (TPSA) is 62.6 Å². The van der Waals surface area contributed by atoms with Crippen LogP contribution < -0.4 is 5.32 Å². The van der Waals surface area contributed by atoms with Crippen LogP contribution in [0.4, 0.5) is 5.00 Å². The van der Waals surface area contributed by atoms with Crippen LogP contribution in [0, 0.1) is 0 Å². The van der Waals surface area contributed by atoms with Crippen LogP contribution in [-0.4, -0.2) is 23.8 Å². The van der Waals surface area contributed by atoms with Crippen molar-refractivity contribution in [1.29, 1.82) is 0 Å². The highest BCUT2D eigenvalue weighted by molar-refractivity contribution is 7.18. The summed E-state index contributed by atoms with van der Waals surface area (Å²) in [6, 6.07) is 13.9. The molecule has 2 amide bonds. The van der Waals surface area contributed by atoms with Gasteiger partial charge in [-0.05, 0) is 48.9 Å². The van der Waals surface area contributed by atoms with E-state index in [1.807, 2.05) is 25.1 Å². The van der Waals surface area contributed by atoms with Gasteiger partial charge in [-0.1, -0.05) is 23.7 Å². The highest BCUT2D eigenvalue weighted by Gasteiger charge is 2.21. The molecule has 0 aliphatic heterocycles. The fraction of sp³-hybridized carbons (Fsp3) is 0.158. The van der Waals surface area contributed by atoms with E-state index in [1.165, 1.54) is 17.6 Å². The molecule has 1 unspecified atom stereocenters. The third-order valence-electron chi connectivity index (χ3n) is 4.03. The first-order chi connectivity index (χ1) is 12.5. The van der Waals surface area contributed by atoms with E-state index in [0.717, 1.165) is 5.56 Å². The smallest absolute Gasteiger partial charge is 0.291 e. The lowest BCUT2D eigenvalue weighted by atomic mass is 10.1. The zero-order valence-electron chi connectivity index (χ0n) is 14.2. The van der Waals surface area contributed by atoms with Crippen molar-refractivity contribution < 1.29 is 14.0 Å². The molecule has 3 rings (SSSR count). The van der Waals surface area contributed by atoms with Gasteiger partial charge in [0.25, 0.3) is 11.8 Å². The number of nitrogens with one attached hydrogen (secondary N) is 1. The number of hydrogen-bond donors (Lipinski definition) is 1. The Labute approximate surface area is 160 Å². The SMILES string of the molecule is CC(c1cccc(Cl)c1)N(C)C(=O)c1ccc(NC(=O)c2ccco2)s1. The number of anilines is 1. The molecule has 0 saturated heterocycles. The minimum atomic E-state index is -0.350. The summed E-state index contributed by atoms with van der Waals surface area (Å²) in [6.07, 6.45) is 1.43. The quantitative estimate of drug-likeness (QED) is 0.662. The number of carbonyl (C=O) groups excluding carboxylic acids is 2. The van der Waals surface area contributed by atoms with E-state index >= 15 is 0 Å². The zero-order chi connectivity index (χ0) is 18.7. The highest BCUT2D eigenvalue weighted by Crippen LogP contribution is 2.28. The number of rotatable bonds is 5. The first-order valence-corrected chi connectivity index (χ1v) is 9.12. The molecule has 0 radical (unpaired) electrons. The van der Waals surface area contributed by atoms with Gasteiger partial charge in [-0.2, -0.15) is 0 Å². The Hall–Kier alpha value is -2.57. The predicted molar refractivity (Wildman–Crippen MR) is 103 cm³/mol. The van der Waals surface area contributed by atoms with Crippen molar-refractivity contribution in [3.8, 4) is 0 Å². The van der Waals surface area contributed by atoms with Crippen molar-refractivity contribution in [1.82, 2.24) is 4.90 Å². The molecule has 5 nitrogen and oxygen atoms in total. The van der Waals surface area contributed by atoms with Crippen LogP contribution in [0.5, 0.6) is 0 Å². The first-order valence-electron chi connectivity index (χ1n) is 7.93. The predicted octanol–water partition coefficient (Wildman–Crippen LogP) is 5.08. The van der Waals surface area contributed by atoms with Crippen LogP contribution in [0.15, 0.2) is 59.2 Å². The van der Waals surface area contributed by atoms with Gasteiger partial charge < -0.3 is 14.6 Å². The molecule has 0 saturated carbocycles. The average molecular weight is 389 g/mol. The van der Waals surface area contributed by atoms with Crippen LogP contribution in [0.2, 0.25) is 5.02 Å². The van der Waals surface area contributed by atoms with Gasteiger partial charge >= 0.3 is 0 Å². The molecule has 0 aliphatic carbocycles. The van der Waals surface area contributed by atoms with Crippen LogP contribution in [0.25, 0.3) is 0 Å². The van der Waals surface area contributed by atoms with Crippen molar-refractivity contribution in [2.24, 2.45) is 0 Å². The Balaban J connectivity index is 1.70. The largest absolute Gasteiger partial charge is 0.459 e. The summed E-state index contributed by atoms with van der Waals surface area (Å²) in [5.41, 5.74) is 0.955. The lowest BCUT2D eigenvalue weighted by Gasteiger charge is -2.25. The summed E-state index contributed by atoms with van der Waals surface area (Å²) in [6.45, 7) is 1.94. The number of benzene rings is 1. The molecular weight excluding hydrogens is 372 g/mol. The van der Waals surface area contributed by atoms with Gasteiger partial charge in [0.15, 0.2) is 5.76 Å². The Kier molecular flexibility index (Phi) is 5.44. The number of furan rings is 1. The number of halogens is 1. The third-order valence-corrected chi connectivity index (χ3v) is 5.25. The average Bonchev–Trinajstić information content (AvgIpc) is 3.31. The fourth-order valence-corrected chi connectivity index (χ4v) is 3.52. The number of hydrogen-bond acceptors (Lipinski definition) is 4. The minimum absolute atomic E-state index is 0.124. The maximum atomic E-state index is 12.7. The molecule has 1 atom stereocenters. The van der Waals surface area contributed by atoms with E-state index in [2.05, 4.69) is 5.32 Å². The summed E-state index contributed by atoms with van der Waals surface area (Å²) < 4.78 is 5.06. The lowest BCUT2D eigenvalue weighted by Crippen LogP contribution is -2.29. The van der Waals surface area contributed by atoms with E-state index in [-0.39, 0.29) is 23.6 Å². The van der Waals surface area contributed by atoms with Crippen LogP contribution in [0.1, 0.15) is 38.8 Å². The molecule has 1 aromatic carbocycles.